The van der Waals surface area contributed by atoms with Gasteiger partial charge in [-0.2, -0.15) is 0 Å². The van der Waals surface area contributed by atoms with E-state index in [2.05, 4.69) is 16.9 Å². The molecule has 2 aromatic rings. The largest absolute Gasteiger partial charge is 0.333 e. The fourth-order valence-corrected chi connectivity index (χ4v) is 1.78. The molecular formula is C12H15FN4. The summed E-state index contributed by atoms with van der Waals surface area (Å²) in [5.74, 6) is 0.246. The van der Waals surface area contributed by atoms with E-state index in [-0.39, 0.29) is 5.69 Å². The molecule has 90 valence electrons. The molecule has 0 amide bonds. The van der Waals surface area contributed by atoms with Gasteiger partial charge in [0.1, 0.15) is 23.4 Å². The molecule has 2 rings (SSSR count). The van der Waals surface area contributed by atoms with E-state index in [4.69, 9.17) is 5.73 Å². The normalized spacial score (nSPS) is 12.6. The van der Waals surface area contributed by atoms with Crippen LogP contribution in [0.15, 0.2) is 30.7 Å². The molecule has 2 heterocycles. The van der Waals surface area contributed by atoms with Gasteiger partial charge in [-0.15, -0.1) is 0 Å². The number of hydrogen-bond donors (Lipinski definition) is 1. The number of aromatic nitrogens is 3. The highest BCUT2D eigenvalue weighted by atomic mass is 19.1. The minimum atomic E-state index is -0.627. The minimum Gasteiger partial charge on any atom is -0.333 e. The number of nitrogens with zero attached hydrogens (tertiary/aromatic N) is 3. The van der Waals surface area contributed by atoms with E-state index < -0.39 is 11.9 Å². The lowest BCUT2D eigenvalue weighted by atomic mass is 10.2. The standard InChI is InChI=1S/C12H15FN4/c1-2-7-17-8-6-16-12(17)10(14)11-9(13)4-3-5-15-11/h3-6,8,10H,2,7,14H2,1H3. The van der Waals surface area contributed by atoms with Crippen molar-refractivity contribution in [2.24, 2.45) is 5.73 Å². The molecule has 0 aliphatic heterocycles. The van der Waals surface area contributed by atoms with Crippen LogP contribution in [0.25, 0.3) is 0 Å². The number of rotatable bonds is 4. The average molecular weight is 234 g/mol. The van der Waals surface area contributed by atoms with Gasteiger partial charge in [-0.05, 0) is 18.6 Å². The smallest absolute Gasteiger partial charge is 0.146 e. The molecule has 0 aliphatic rings. The Balaban J connectivity index is 2.34. The fraction of sp³-hybridized carbons (Fsp3) is 0.333. The van der Waals surface area contributed by atoms with Crippen molar-refractivity contribution < 1.29 is 4.39 Å². The second-order valence-electron chi connectivity index (χ2n) is 3.83. The highest BCUT2D eigenvalue weighted by Crippen LogP contribution is 2.18. The van der Waals surface area contributed by atoms with Crippen molar-refractivity contribution in [3.8, 4) is 0 Å². The number of aryl methyl sites for hydroxylation is 1. The van der Waals surface area contributed by atoms with E-state index in [1.807, 2.05) is 10.8 Å². The summed E-state index contributed by atoms with van der Waals surface area (Å²) in [5.41, 5.74) is 6.24. The Labute approximate surface area is 99.3 Å². The molecule has 0 spiro atoms. The van der Waals surface area contributed by atoms with Gasteiger partial charge in [0.25, 0.3) is 0 Å². The van der Waals surface area contributed by atoms with Crippen molar-refractivity contribution in [1.82, 2.24) is 14.5 Å². The molecular weight excluding hydrogens is 219 g/mol. The zero-order chi connectivity index (χ0) is 12.3. The lowest BCUT2D eigenvalue weighted by Crippen LogP contribution is -2.20. The van der Waals surface area contributed by atoms with Gasteiger partial charge in [-0.3, -0.25) is 4.98 Å². The maximum absolute atomic E-state index is 13.6. The second kappa shape index (κ2) is 5.05. The van der Waals surface area contributed by atoms with E-state index >= 15 is 0 Å². The molecule has 0 saturated heterocycles. The Hall–Kier alpha value is -1.75. The van der Waals surface area contributed by atoms with Crippen molar-refractivity contribution in [2.45, 2.75) is 25.9 Å². The van der Waals surface area contributed by atoms with Crippen LogP contribution >= 0.6 is 0 Å². The number of imidazole rings is 1. The third kappa shape index (κ3) is 2.34. The topological polar surface area (TPSA) is 56.7 Å². The van der Waals surface area contributed by atoms with Gasteiger partial charge < -0.3 is 10.3 Å². The first-order chi connectivity index (χ1) is 8.24. The van der Waals surface area contributed by atoms with Crippen molar-refractivity contribution in [3.05, 3.63) is 48.1 Å². The first kappa shape index (κ1) is 11.7. The van der Waals surface area contributed by atoms with Gasteiger partial charge in [0.2, 0.25) is 0 Å². The van der Waals surface area contributed by atoms with Gasteiger partial charge in [0, 0.05) is 25.1 Å². The molecule has 0 aliphatic carbocycles. The molecule has 17 heavy (non-hydrogen) atoms. The molecule has 0 fully saturated rings. The molecule has 0 aromatic carbocycles. The van der Waals surface area contributed by atoms with E-state index in [1.54, 1.807) is 12.3 Å². The third-order valence-corrected chi connectivity index (χ3v) is 2.57. The summed E-state index contributed by atoms with van der Waals surface area (Å²) in [5, 5.41) is 0. The summed E-state index contributed by atoms with van der Waals surface area (Å²) in [6.45, 7) is 2.88. The first-order valence-corrected chi connectivity index (χ1v) is 5.61. The Kier molecular flexibility index (Phi) is 3.49. The Bertz CT molecular complexity index is 495. The second-order valence-corrected chi connectivity index (χ2v) is 3.83. The predicted octanol–water partition coefficient (Wildman–Crippen LogP) is 1.88. The van der Waals surface area contributed by atoms with E-state index in [0.717, 1.165) is 13.0 Å². The highest BCUT2D eigenvalue weighted by molar-refractivity contribution is 5.19. The number of pyridine rings is 1. The fourth-order valence-electron chi connectivity index (χ4n) is 1.78. The number of nitrogens with two attached hydrogens (primary N) is 1. The molecule has 2 aromatic heterocycles. The summed E-state index contributed by atoms with van der Waals surface area (Å²) < 4.78 is 15.5. The molecule has 0 radical (unpaired) electrons. The number of halogens is 1. The Morgan fingerprint density at radius 1 is 1.41 bits per heavy atom. The van der Waals surface area contributed by atoms with Crippen LogP contribution in [0, 0.1) is 5.82 Å². The summed E-state index contributed by atoms with van der Waals surface area (Å²) >= 11 is 0. The zero-order valence-corrected chi connectivity index (χ0v) is 9.68. The lowest BCUT2D eigenvalue weighted by Gasteiger charge is -2.13. The Morgan fingerprint density at radius 3 is 2.94 bits per heavy atom. The monoisotopic (exact) mass is 234 g/mol. The van der Waals surface area contributed by atoms with Crippen LogP contribution < -0.4 is 5.73 Å². The van der Waals surface area contributed by atoms with E-state index in [9.17, 15) is 4.39 Å². The van der Waals surface area contributed by atoms with Crippen molar-refractivity contribution in [3.63, 3.8) is 0 Å². The van der Waals surface area contributed by atoms with Crippen molar-refractivity contribution in [2.75, 3.05) is 0 Å². The highest BCUT2D eigenvalue weighted by Gasteiger charge is 2.18. The van der Waals surface area contributed by atoms with Crippen molar-refractivity contribution in [1.29, 1.82) is 0 Å². The van der Waals surface area contributed by atoms with Crippen LogP contribution in [0.2, 0.25) is 0 Å². The average Bonchev–Trinajstić information content (AvgIpc) is 2.78. The first-order valence-electron chi connectivity index (χ1n) is 5.61. The van der Waals surface area contributed by atoms with Crippen LogP contribution in [-0.2, 0) is 6.54 Å². The van der Waals surface area contributed by atoms with Crippen LogP contribution in [0.5, 0.6) is 0 Å². The maximum atomic E-state index is 13.6. The number of hydrogen-bond acceptors (Lipinski definition) is 3. The van der Waals surface area contributed by atoms with Crippen LogP contribution in [0.4, 0.5) is 4.39 Å². The Morgan fingerprint density at radius 2 is 2.24 bits per heavy atom. The zero-order valence-electron chi connectivity index (χ0n) is 9.68. The quantitative estimate of drug-likeness (QED) is 0.878. The molecule has 2 N–H and O–H groups in total. The van der Waals surface area contributed by atoms with Gasteiger partial charge in [0.15, 0.2) is 0 Å². The maximum Gasteiger partial charge on any atom is 0.146 e. The third-order valence-electron chi connectivity index (χ3n) is 2.57. The van der Waals surface area contributed by atoms with E-state index in [1.165, 1.54) is 12.3 Å². The lowest BCUT2D eigenvalue weighted by molar-refractivity contribution is 0.558. The molecule has 4 nitrogen and oxygen atoms in total. The summed E-state index contributed by atoms with van der Waals surface area (Å²) in [6.07, 6.45) is 6.03. The van der Waals surface area contributed by atoms with Crippen LogP contribution in [-0.4, -0.2) is 14.5 Å². The van der Waals surface area contributed by atoms with Crippen LogP contribution in [0.3, 0.4) is 0 Å². The molecule has 5 heteroatoms. The molecule has 0 bridgehead atoms. The summed E-state index contributed by atoms with van der Waals surface area (Å²) in [7, 11) is 0. The van der Waals surface area contributed by atoms with Gasteiger partial charge in [-0.25, -0.2) is 9.37 Å². The van der Waals surface area contributed by atoms with Gasteiger partial charge >= 0.3 is 0 Å². The van der Waals surface area contributed by atoms with Gasteiger partial charge in [0.05, 0.1) is 0 Å². The van der Waals surface area contributed by atoms with E-state index in [0.29, 0.717) is 5.82 Å². The summed E-state index contributed by atoms with van der Waals surface area (Å²) in [6, 6.07) is 2.28. The molecule has 1 atom stereocenters. The SMILES string of the molecule is CCCn1ccnc1C(N)c1ncccc1F. The summed E-state index contributed by atoms with van der Waals surface area (Å²) in [4.78, 5) is 8.17. The van der Waals surface area contributed by atoms with Gasteiger partial charge in [-0.1, -0.05) is 6.92 Å². The molecule has 0 saturated carbocycles. The van der Waals surface area contributed by atoms with Crippen molar-refractivity contribution >= 4 is 0 Å². The minimum absolute atomic E-state index is 0.232. The molecule has 1 unspecified atom stereocenters. The van der Waals surface area contributed by atoms with Crippen LogP contribution in [0.1, 0.15) is 30.9 Å². The predicted molar refractivity (Wildman–Crippen MR) is 62.7 cm³/mol.